The molecule has 2 nitrogen and oxygen atoms in total. The molecule has 2 aliphatic heterocycles. The Bertz CT molecular complexity index is 348. The van der Waals surface area contributed by atoms with Gasteiger partial charge in [-0.15, -0.1) is 0 Å². The van der Waals surface area contributed by atoms with Gasteiger partial charge in [0.25, 0.3) is 0 Å². The molecule has 0 aromatic carbocycles. The Morgan fingerprint density at radius 3 is 2.43 bits per heavy atom. The third-order valence-electron chi connectivity index (χ3n) is 5.67. The normalized spacial score (nSPS) is 35.4. The molecule has 2 saturated heterocycles. The molecule has 21 heavy (non-hydrogen) atoms. The zero-order valence-corrected chi connectivity index (χ0v) is 15.7. The lowest BCUT2D eigenvalue weighted by Crippen LogP contribution is -2.60. The van der Waals surface area contributed by atoms with Gasteiger partial charge in [-0.3, -0.25) is 4.90 Å². The van der Waals surface area contributed by atoms with Crippen molar-refractivity contribution in [2.45, 2.75) is 65.8 Å². The molecule has 0 spiro atoms. The average Bonchev–Trinajstić information content (AvgIpc) is 2.63. The van der Waals surface area contributed by atoms with Crippen LogP contribution in [-0.4, -0.2) is 41.6 Å². The molecule has 0 saturated carbocycles. The molecule has 2 heterocycles. The van der Waals surface area contributed by atoms with Crippen molar-refractivity contribution in [3.05, 3.63) is 0 Å². The van der Waals surface area contributed by atoms with E-state index in [0.717, 1.165) is 12.5 Å². The highest BCUT2D eigenvalue weighted by molar-refractivity contribution is 7.99. The molecule has 0 amide bonds. The Morgan fingerprint density at radius 2 is 1.86 bits per heavy atom. The van der Waals surface area contributed by atoms with E-state index in [1.807, 2.05) is 0 Å². The van der Waals surface area contributed by atoms with Gasteiger partial charge in [-0.25, -0.2) is 0 Å². The number of thioether (sulfide) groups is 1. The Hall–Kier alpha value is 0.270. The maximum absolute atomic E-state index is 6.31. The third kappa shape index (κ3) is 4.17. The van der Waals surface area contributed by atoms with Crippen molar-refractivity contribution in [1.82, 2.24) is 4.90 Å². The molecule has 0 bridgehead atoms. The van der Waals surface area contributed by atoms with E-state index in [9.17, 15) is 0 Å². The van der Waals surface area contributed by atoms with Crippen LogP contribution in [0.5, 0.6) is 0 Å². The Kier molecular flexibility index (Phi) is 5.38. The summed E-state index contributed by atoms with van der Waals surface area (Å²) in [5.41, 5.74) is 7.44. The molecule has 2 fully saturated rings. The van der Waals surface area contributed by atoms with Crippen LogP contribution in [0.15, 0.2) is 0 Å². The number of rotatable bonds is 2. The second-order valence-electron chi connectivity index (χ2n) is 9.24. The van der Waals surface area contributed by atoms with Crippen molar-refractivity contribution < 1.29 is 0 Å². The lowest BCUT2D eigenvalue weighted by molar-refractivity contribution is 0.0684. The molecule has 2 atom stereocenters. The minimum Gasteiger partial charge on any atom is -0.329 e. The first-order valence-corrected chi connectivity index (χ1v) is 9.87. The van der Waals surface area contributed by atoms with Crippen molar-refractivity contribution in [2.24, 2.45) is 22.5 Å². The van der Waals surface area contributed by atoms with E-state index in [-0.39, 0.29) is 5.54 Å². The fourth-order valence-electron chi connectivity index (χ4n) is 4.41. The summed E-state index contributed by atoms with van der Waals surface area (Å²) in [6.07, 6.45) is 5.34. The van der Waals surface area contributed by atoms with Crippen molar-refractivity contribution in [3.8, 4) is 0 Å². The van der Waals surface area contributed by atoms with Crippen LogP contribution in [0, 0.1) is 16.7 Å². The third-order valence-corrected chi connectivity index (χ3v) is 7.40. The van der Waals surface area contributed by atoms with E-state index in [2.05, 4.69) is 51.3 Å². The van der Waals surface area contributed by atoms with Gasteiger partial charge in [0, 0.05) is 17.8 Å². The second-order valence-corrected chi connectivity index (χ2v) is 10.2. The van der Waals surface area contributed by atoms with E-state index in [0.29, 0.717) is 10.8 Å². The van der Waals surface area contributed by atoms with Gasteiger partial charge in [0.2, 0.25) is 0 Å². The van der Waals surface area contributed by atoms with Crippen molar-refractivity contribution in [3.63, 3.8) is 0 Å². The summed E-state index contributed by atoms with van der Waals surface area (Å²) in [6, 6.07) is 0. The maximum Gasteiger partial charge on any atom is 0.0427 e. The molecule has 0 aliphatic carbocycles. The summed E-state index contributed by atoms with van der Waals surface area (Å²) in [5, 5.41) is 0. The van der Waals surface area contributed by atoms with Crippen LogP contribution >= 0.6 is 11.8 Å². The fraction of sp³-hybridized carbons (Fsp3) is 1.00. The van der Waals surface area contributed by atoms with E-state index >= 15 is 0 Å². The first-order valence-electron chi connectivity index (χ1n) is 8.71. The largest absolute Gasteiger partial charge is 0.329 e. The lowest BCUT2D eigenvalue weighted by atomic mass is 9.76. The highest BCUT2D eigenvalue weighted by Crippen LogP contribution is 2.43. The van der Waals surface area contributed by atoms with Gasteiger partial charge in [-0.2, -0.15) is 11.8 Å². The number of hydrogen-bond donors (Lipinski definition) is 1. The van der Waals surface area contributed by atoms with E-state index in [1.54, 1.807) is 0 Å². The van der Waals surface area contributed by atoms with Gasteiger partial charge in [0.1, 0.15) is 0 Å². The monoisotopic (exact) mass is 312 g/mol. The van der Waals surface area contributed by atoms with Crippen LogP contribution in [-0.2, 0) is 0 Å². The molecule has 3 heteroatoms. The summed E-state index contributed by atoms with van der Waals surface area (Å²) < 4.78 is 0. The summed E-state index contributed by atoms with van der Waals surface area (Å²) >= 11 is 2.12. The summed E-state index contributed by atoms with van der Waals surface area (Å²) in [7, 11) is 0. The minimum absolute atomic E-state index is 0.249. The first-order chi connectivity index (χ1) is 9.69. The molecule has 2 N–H and O–H groups in total. The standard InChI is InChI=1S/C18H36N2S/c1-16(2,3)15-7-6-9-20(10-8-15)18(12-19)11-17(4,5)13-21-14-18/h15H,6-14,19H2,1-5H3. The summed E-state index contributed by atoms with van der Waals surface area (Å²) in [4.78, 5) is 2.77. The van der Waals surface area contributed by atoms with Crippen molar-refractivity contribution in [1.29, 1.82) is 0 Å². The number of hydrogen-bond acceptors (Lipinski definition) is 3. The Labute approximate surface area is 136 Å². The summed E-state index contributed by atoms with van der Waals surface area (Å²) in [5.74, 6) is 3.38. The average molecular weight is 313 g/mol. The van der Waals surface area contributed by atoms with Crippen molar-refractivity contribution in [2.75, 3.05) is 31.1 Å². The molecule has 2 unspecified atom stereocenters. The van der Waals surface area contributed by atoms with E-state index in [1.165, 1.54) is 50.3 Å². The second kappa shape index (κ2) is 6.41. The topological polar surface area (TPSA) is 29.3 Å². The zero-order chi connectivity index (χ0) is 15.7. The van der Waals surface area contributed by atoms with Crippen LogP contribution in [0.3, 0.4) is 0 Å². The highest BCUT2D eigenvalue weighted by Gasteiger charge is 2.44. The number of likely N-dealkylation sites (tertiary alicyclic amines) is 1. The van der Waals surface area contributed by atoms with E-state index in [4.69, 9.17) is 5.73 Å². The van der Waals surface area contributed by atoms with Crippen LogP contribution in [0.1, 0.15) is 60.3 Å². The van der Waals surface area contributed by atoms with Gasteiger partial charge >= 0.3 is 0 Å². The SMILES string of the molecule is CC1(C)CSCC(CN)(N2CCCC(C(C)(C)C)CC2)C1. The van der Waals surface area contributed by atoms with Crippen LogP contribution < -0.4 is 5.73 Å². The Balaban J connectivity index is 2.09. The fourth-order valence-corrected chi connectivity index (χ4v) is 5.95. The molecular formula is C18H36N2S. The predicted molar refractivity (Wildman–Crippen MR) is 95.9 cm³/mol. The molecule has 0 radical (unpaired) electrons. The molecule has 0 aromatic heterocycles. The van der Waals surface area contributed by atoms with Gasteiger partial charge < -0.3 is 5.73 Å². The van der Waals surface area contributed by atoms with E-state index < -0.39 is 0 Å². The number of nitrogens with zero attached hydrogens (tertiary/aromatic N) is 1. The van der Waals surface area contributed by atoms with Crippen LogP contribution in [0.25, 0.3) is 0 Å². The molecule has 2 aliphatic rings. The van der Waals surface area contributed by atoms with Gasteiger partial charge in [-0.1, -0.05) is 34.6 Å². The molecule has 0 aromatic rings. The smallest absolute Gasteiger partial charge is 0.0427 e. The van der Waals surface area contributed by atoms with Crippen LogP contribution in [0.4, 0.5) is 0 Å². The molecule has 124 valence electrons. The lowest BCUT2D eigenvalue weighted by Gasteiger charge is -2.50. The predicted octanol–water partition coefficient (Wildman–Crippen LogP) is 4.00. The zero-order valence-electron chi connectivity index (χ0n) is 14.9. The first kappa shape index (κ1) is 17.6. The minimum atomic E-state index is 0.249. The summed E-state index contributed by atoms with van der Waals surface area (Å²) in [6.45, 7) is 15.4. The van der Waals surface area contributed by atoms with Gasteiger partial charge in [0.15, 0.2) is 0 Å². The van der Waals surface area contributed by atoms with Crippen molar-refractivity contribution >= 4 is 11.8 Å². The quantitative estimate of drug-likeness (QED) is 0.836. The molecular weight excluding hydrogens is 276 g/mol. The molecule has 2 rings (SSSR count). The van der Waals surface area contributed by atoms with Gasteiger partial charge in [-0.05, 0) is 61.3 Å². The van der Waals surface area contributed by atoms with Gasteiger partial charge in [0.05, 0.1) is 0 Å². The Morgan fingerprint density at radius 1 is 1.14 bits per heavy atom. The maximum atomic E-state index is 6.31. The number of nitrogens with two attached hydrogens (primary N) is 1. The van der Waals surface area contributed by atoms with Crippen LogP contribution in [0.2, 0.25) is 0 Å². The highest BCUT2D eigenvalue weighted by atomic mass is 32.2.